The van der Waals surface area contributed by atoms with Crippen LogP contribution in [-0.4, -0.2) is 19.1 Å². The van der Waals surface area contributed by atoms with Gasteiger partial charge in [0.25, 0.3) is 0 Å². The molecule has 0 aromatic heterocycles. The molecule has 0 saturated carbocycles. The van der Waals surface area contributed by atoms with E-state index in [2.05, 4.69) is 39.2 Å². The molecule has 1 unspecified atom stereocenters. The van der Waals surface area contributed by atoms with Gasteiger partial charge in [-0.25, -0.2) is 0 Å². The molecule has 4 heteroatoms. The highest BCUT2D eigenvalue weighted by molar-refractivity contribution is 6.60. The predicted molar refractivity (Wildman–Crippen MR) is 70.1 cm³/mol. The van der Waals surface area contributed by atoms with Crippen LogP contribution in [0.4, 0.5) is 0 Å². The van der Waals surface area contributed by atoms with E-state index < -0.39 is 0 Å². The fourth-order valence-corrected chi connectivity index (χ4v) is 2.25. The number of nitrogens with one attached hydrogen (secondary N) is 1. The Kier molecular flexibility index (Phi) is 5.03. The summed E-state index contributed by atoms with van der Waals surface area (Å²) in [6, 6.07) is 0. The molecule has 0 aromatic rings. The van der Waals surface area contributed by atoms with E-state index in [1.807, 2.05) is 0 Å². The van der Waals surface area contributed by atoms with Crippen molar-refractivity contribution in [2.45, 2.75) is 52.5 Å². The molecule has 3 N–H and O–H groups in total. The zero-order chi connectivity index (χ0) is 12.2. The molecule has 0 bridgehead atoms. The third-order valence-corrected chi connectivity index (χ3v) is 3.80. The second-order valence-electron chi connectivity index (χ2n) is 5.23. The molecule has 0 amide bonds. The third kappa shape index (κ3) is 3.34. The molecule has 1 aliphatic heterocycles. The van der Waals surface area contributed by atoms with Gasteiger partial charge in [0.15, 0.2) is 0 Å². The van der Waals surface area contributed by atoms with Crippen molar-refractivity contribution in [3.8, 4) is 0 Å². The summed E-state index contributed by atoms with van der Waals surface area (Å²) in [5.74, 6) is 5.93. The number of hydrogen-bond acceptors (Lipinski definition) is 3. The van der Waals surface area contributed by atoms with Gasteiger partial charge in [-0.15, -0.1) is 0 Å². The maximum atomic E-state index is 6.20. The summed E-state index contributed by atoms with van der Waals surface area (Å²) >= 11 is 0. The first-order chi connectivity index (χ1) is 7.51. The van der Waals surface area contributed by atoms with Crippen molar-refractivity contribution in [2.24, 2.45) is 11.8 Å². The van der Waals surface area contributed by atoms with E-state index in [1.165, 1.54) is 11.9 Å². The van der Waals surface area contributed by atoms with Crippen LogP contribution in [0.15, 0.2) is 11.5 Å². The minimum absolute atomic E-state index is 0.00663. The Labute approximate surface area is 99.9 Å². The van der Waals surface area contributed by atoms with Crippen LogP contribution in [0.2, 0.25) is 6.32 Å². The van der Waals surface area contributed by atoms with Crippen LogP contribution in [0.25, 0.3) is 0 Å². The predicted octanol–water partition coefficient (Wildman–Crippen LogP) is 2.15. The van der Waals surface area contributed by atoms with Crippen LogP contribution in [-0.2, 0) is 4.65 Å². The van der Waals surface area contributed by atoms with Gasteiger partial charge in [-0.05, 0) is 32.5 Å². The summed E-state index contributed by atoms with van der Waals surface area (Å²) in [6.45, 7) is 9.84. The van der Waals surface area contributed by atoms with Crippen LogP contribution in [0.1, 0.15) is 40.5 Å². The summed E-state index contributed by atoms with van der Waals surface area (Å²) in [4.78, 5) is 0. The normalized spacial score (nSPS) is 25.9. The number of hydrazine groups is 1. The second-order valence-corrected chi connectivity index (χ2v) is 5.23. The summed E-state index contributed by atoms with van der Waals surface area (Å²) in [5.41, 5.74) is 4.04. The number of hydrogen-bond donors (Lipinski definition) is 2. The van der Waals surface area contributed by atoms with Gasteiger partial charge in [0.2, 0.25) is 0 Å². The average molecular weight is 224 g/mol. The Morgan fingerprint density at radius 2 is 2.31 bits per heavy atom. The van der Waals surface area contributed by atoms with Crippen molar-refractivity contribution in [2.75, 3.05) is 6.54 Å². The quantitative estimate of drug-likeness (QED) is 0.437. The molecule has 1 atom stereocenters. The molecule has 0 spiro atoms. The minimum atomic E-state index is -0.00663. The Balaban J connectivity index is 2.66. The number of nitrogens with two attached hydrogens (primary N) is 1. The molecule has 3 nitrogen and oxygen atoms in total. The first-order valence-electron chi connectivity index (χ1n) is 6.31. The van der Waals surface area contributed by atoms with Crippen LogP contribution in [0, 0.1) is 5.92 Å². The topological polar surface area (TPSA) is 47.3 Å². The average Bonchev–Trinajstić information content (AvgIpc) is 2.24. The lowest BCUT2D eigenvalue weighted by Crippen LogP contribution is -2.44. The molecule has 0 aliphatic carbocycles. The fraction of sp³-hybridized carbons (Fsp3) is 0.833. The molecule has 1 rings (SSSR count). The molecule has 1 aliphatic rings. The summed E-state index contributed by atoms with van der Waals surface area (Å²) < 4.78 is 6.20. The maximum absolute atomic E-state index is 6.20. The van der Waals surface area contributed by atoms with E-state index in [4.69, 9.17) is 10.5 Å². The molecule has 0 aromatic carbocycles. The molecule has 1 heterocycles. The van der Waals surface area contributed by atoms with Crippen molar-refractivity contribution in [1.82, 2.24) is 5.43 Å². The van der Waals surface area contributed by atoms with Gasteiger partial charge in [-0.1, -0.05) is 31.8 Å². The van der Waals surface area contributed by atoms with E-state index >= 15 is 0 Å². The third-order valence-electron chi connectivity index (χ3n) is 3.80. The minimum Gasteiger partial charge on any atom is -0.426 e. The molecule has 1 fully saturated rings. The van der Waals surface area contributed by atoms with E-state index in [1.54, 1.807) is 0 Å². The Morgan fingerprint density at radius 3 is 2.81 bits per heavy atom. The highest BCUT2D eigenvalue weighted by atomic mass is 16.5. The molecular weight excluding hydrogens is 199 g/mol. The highest BCUT2D eigenvalue weighted by Crippen LogP contribution is 2.34. The summed E-state index contributed by atoms with van der Waals surface area (Å²) in [7, 11) is 0. The molecular formula is C12H25BN2O. The number of allylic oxidation sites excluding steroid dienone is 1. The lowest BCUT2D eigenvalue weighted by atomic mass is 9.52. The van der Waals surface area contributed by atoms with E-state index in [0.717, 1.165) is 19.3 Å². The van der Waals surface area contributed by atoms with Gasteiger partial charge in [0.1, 0.15) is 0 Å². The number of rotatable bonds is 4. The van der Waals surface area contributed by atoms with Crippen LogP contribution in [0.3, 0.4) is 0 Å². The van der Waals surface area contributed by atoms with Gasteiger partial charge >= 0.3 is 6.92 Å². The van der Waals surface area contributed by atoms with Crippen molar-refractivity contribution in [3.63, 3.8) is 0 Å². The highest BCUT2D eigenvalue weighted by Gasteiger charge is 2.37. The fourth-order valence-electron chi connectivity index (χ4n) is 2.25. The second kappa shape index (κ2) is 5.85. The van der Waals surface area contributed by atoms with E-state index in [0.29, 0.717) is 5.92 Å². The zero-order valence-electron chi connectivity index (χ0n) is 11.0. The van der Waals surface area contributed by atoms with Gasteiger partial charge < -0.3 is 4.65 Å². The zero-order valence-corrected chi connectivity index (χ0v) is 11.0. The van der Waals surface area contributed by atoms with Crippen LogP contribution >= 0.6 is 0 Å². The van der Waals surface area contributed by atoms with Crippen molar-refractivity contribution >= 4 is 6.92 Å². The van der Waals surface area contributed by atoms with Gasteiger partial charge in [0.05, 0.1) is 0 Å². The SMILES string of the molecule is CCC(=CCNN)B1CCC(C)C(C)(C)O1. The molecule has 92 valence electrons. The lowest BCUT2D eigenvalue weighted by molar-refractivity contribution is 0.0315. The van der Waals surface area contributed by atoms with Gasteiger partial charge in [-0.3, -0.25) is 11.3 Å². The largest absolute Gasteiger partial charge is 0.426 e. The first kappa shape index (κ1) is 13.7. The Hall–Kier alpha value is -0.315. The van der Waals surface area contributed by atoms with Gasteiger partial charge in [-0.2, -0.15) is 0 Å². The smallest absolute Gasteiger partial charge is 0.323 e. The van der Waals surface area contributed by atoms with Crippen LogP contribution < -0.4 is 11.3 Å². The van der Waals surface area contributed by atoms with E-state index in [9.17, 15) is 0 Å². The van der Waals surface area contributed by atoms with Crippen molar-refractivity contribution < 1.29 is 4.65 Å². The lowest BCUT2D eigenvalue weighted by Gasteiger charge is -2.41. The van der Waals surface area contributed by atoms with Crippen molar-refractivity contribution in [3.05, 3.63) is 11.5 Å². The van der Waals surface area contributed by atoms with Gasteiger partial charge in [0, 0.05) is 12.1 Å². The first-order valence-corrected chi connectivity index (χ1v) is 6.31. The monoisotopic (exact) mass is 224 g/mol. The Bertz CT molecular complexity index is 253. The standard InChI is InChI=1S/C12H25BN2O/c1-5-11(7-9-15-14)13-8-6-10(2)12(3,4)16-13/h7,10,15H,5-6,8-9,14H2,1-4H3. The molecule has 1 saturated heterocycles. The van der Waals surface area contributed by atoms with E-state index in [-0.39, 0.29) is 12.5 Å². The summed E-state index contributed by atoms with van der Waals surface area (Å²) in [5, 5.41) is 0. The maximum Gasteiger partial charge on any atom is 0.323 e. The van der Waals surface area contributed by atoms with Crippen molar-refractivity contribution in [1.29, 1.82) is 0 Å². The van der Waals surface area contributed by atoms with Crippen LogP contribution in [0.5, 0.6) is 0 Å². The molecule has 16 heavy (non-hydrogen) atoms. The molecule has 0 radical (unpaired) electrons. The Morgan fingerprint density at radius 1 is 1.62 bits per heavy atom. The summed E-state index contributed by atoms with van der Waals surface area (Å²) in [6.07, 6.45) is 5.58.